The molecule has 0 aliphatic rings. The summed E-state index contributed by atoms with van der Waals surface area (Å²) < 4.78 is 75.1. The zero-order valence-corrected chi connectivity index (χ0v) is 9.87. The molecule has 1 aromatic carbocycles. The molecule has 0 radical (unpaired) electrons. The smallest absolute Gasteiger partial charge is 0.195 e. The van der Waals surface area contributed by atoms with Crippen molar-refractivity contribution >= 4 is 5.69 Å². The largest absolute Gasteiger partial charge is 0.416 e. The van der Waals surface area contributed by atoms with Crippen molar-refractivity contribution < 1.29 is 26.3 Å². The predicted octanol–water partition coefficient (Wildman–Crippen LogP) is 4.22. The van der Waals surface area contributed by atoms with Crippen LogP contribution in [0.2, 0.25) is 0 Å². The summed E-state index contributed by atoms with van der Waals surface area (Å²) in [6, 6.07) is 1.69. The molecule has 0 saturated carbocycles. The van der Waals surface area contributed by atoms with Crippen molar-refractivity contribution in [3.63, 3.8) is 0 Å². The van der Waals surface area contributed by atoms with Gasteiger partial charge in [0.05, 0.1) is 16.8 Å². The average molecular weight is 306 g/mol. The molecule has 0 aliphatic carbocycles. The fourth-order valence-electron chi connectivity index (χ4n) is 1.20. The first kappa shape index (κ1) is 16.4. The van der Waals surface area contributed by atoms with Gasteiger partial charge in [-0.15, -0.1) is 0 Å². The summed E-state index contributed by atoms with van der Waals surface area (Å²) in [6.07, 6.45) is -10.0. The van der Waals surface area contributed by atoms with Crippen LogP contribution < -0.4 is 0 Å². The molecule has 10 heteroatoms. The molecule has 0 aromatic heterocycles. The second kappa shape index (κ2) is 5.79. The van der Waals surface area contributed by atoms with E-state index in [1.54, 1.807) is 0 Å². The van der Waals surface area contributed by atoms with Gasteiger partial charge in [-0.25, -0.2) is 0 Å². The monoisotopic (exact) mass is 306 g/mol. The predicted molar refractivity (Wildman–Crippen MR) is 56.0 cm³/mol. The lowest BCUT2D eigenvalue weighted by Gasteiger charge is -2.12. The molecule has 110 valence electrons. The third-order valence-corrected chi connectivity index (χ3v) is 2.11. The Balaban J connectivity index is 3.34. The van der Waals surface area contributed by atoms with Crippen LogP contribution in [0.25, 0.3) is 0 Å². The molecule has 0 aliphatic heterocycles. The van der Waals surface area contributed by atoms with Crippen molar-refractivity contribution in [1.29, 1.82) is 10.5 Å². The molecule has 0 amide bonds. The van der Waals surface area contributed by atoms with E-state index in [1.807, 2.05) is 0 Å². The lowest BCUT2D eigenvalue weighted by molar-refractivity contribution is -0.143. The second-order valence-electron chi connectivity index (χ2n) is 3.64. The topological polar surface area (TPSA) is 72.3 Å². The number of azo groups is 1. The van der Waals surface area contributed by atoms with E-state index in [0.717, 1.165) is 0 Å². The first-order chi connectivity index (χ1) is 9.57. The molecule has 0 N–H and O–H groups in total. The zero-order chi connectivity index (χ0) is 16.3. The van der Waals surface area contributed by atoms with Gasteiger partial charge in [-0.3, -0.25) is 0 Å². The summed E-state index contributed by atoms with van der Waals surface area (Å²) in [7, 11) is 0. The molecular weight excluding hydrogens is 302 g/mol. The van der Waals surface area contributed by atoms with Crippen LogP contribution >= 0.6 is 0 Å². The SMILES string of the molecule is N#CC(C#N)N=Nc1cc(C(F)(F)F)cc(C(F)(F)F)c1. The number of hydrogen-bond donors (Lipinski definition) is 0. The van der Waals surface area contributed by atoms with E-state index in [9.17, 15) is 26.3 Å². The van der Waals surface area contributed by atoms with Crippen LogP contribution in [-0.2, 0) is 12.4 Å². The Morgan fingerprint density at radius 2 is 1.29 bits per heavy atom. The number of nitriles is 2. The lowest BCUT2D eigenvalue weighted by Crippen LogP contribution is -2.10. The van der Waals surface area contributed by atoms with E-state index < -0.39 is 35.2 Å². The quantitative estimate of drug-likeness (QED) is 0.606. The minimum Gasteiger partial charge on any atom is -0.195 e. The summed E-state index contributed by atoms with van der Waals surface area (Å²) in [6.45, 7) is 0. The van der Waals surface area contributed by atoms with E-state index in [4.69, 9.17) is 10.5 Å². The number of nitrogens with zero attached hydrogens (tertiary/aromatic N) is 4. The maximum atomic E-state index is 12.5. The van der Waals surface area contributed by atoms with Gasteiger partial charge in [-0.1, -0.05) is 0 Å². The highest BCUT2D eigenvalue weighted by Gasteiger charge is 2.37. The number of benzene rings is 1. The van der Waals surface area contributed by atoms with Gasteiger partial charge >= 0.3 is 12.4 Å². The Bertz CT molecular complexity index is 586. The summed E-state index contributed by atoms with van der Waals surface area (Å²) in [4.78, 5) is 0. The molecule has 1 rings (SSSR count). The second-order valence-corrected chi connectivity index (χ2v) is 3.64. The summed E-state index contributed by atoms with van der Waals surface area (Å²) >= 11 is 0. The molecule has 0 unspecified atom stereocenters. The number of rotatable bonds is 2. The Morgan fingerprint density at radius 1 is 0.857 bits per heavy atom. The first-order valence-corrected chi connectivity index (χ1v) is 5.07. The lowest BCUT2D eigenvalue weighted by atomic mass is 10.1. The van der Waals surface area contributed by atoms with Crippen LogP contribution in [0.5, 0.6) is 0 Å². The van der Waals surface area contributed by atoms with E-state index >= 15 is 0 Å². The van der Waals surface area contributed by atoms with Gasteiger partial charge in [0.25, 0.3) is 0 Å². The molecule has 0 atom stereocenters. The molecule has 0 fully saturated rings. The van der Waals surface area contributed by atoms with Crippen LogP contribution in [0, 0.1) is 22.7 Å². The van der Waals surface area contributed by atoms with Gasteiger partial charge in [0.1, 0.15) is 12.1 Å². The van der Waals surface area contributed by atoms with Gasteiger partial charge in [0.15, 0.2) is 0 Å². The molecule has 0 saturated heterocycles. The molecular formula is C11H4F6N4. The Morgan fingerprint density at radius 3 is 1.62 bits per heavy atom. The van der Waals surface area contributed by atoms with Crippen molar-refractivity contribution in [1.82, 2.24) is 0 Å². The van der Waals surface area contributed by atoms with Crippen molar-refractivity contribution in [2.75, 3.05) is 0 Å². The minimum atomic E-state index is -5.00. The van der Waals surface area contributed by atoms with Gasteiger partial charge < -0.3 is 0 Å². The third-order valence-electron chi connectivity index (χ3n) is 2.11. The van der Waals surface area contributed by atoms with Crippen LogP contribution in [-0.4, -0.2) is 6.04 Å². The first-order valence-electron chi connectivity index (χ1n) is 5.07. The normalized spacial score (nSPS) is 12.4. The van der Waals surface area contributed by atoms with E-state index in [2.05, 4.69) is 10.2 Å². The van der Waals surface area contributed by atoms with E-state index in [-0.39, 0.29) is 6.07 Å². The maximum absolute atomic E-state index is 12.5. The molecule has 21 heavy (non-hydrogen) atoms. The molecule has 4 nitrogen and oxygen atoms in total. The van der Waals surface area contributed by atoms with Gasteiger partial charge in [-0.05, 0) is 18.2 Å². The highest BCUT2D eigenvalue weighted by molar-refractivity contribution is 5.45. The van der Waals surface area contributed by atoms with Crippen molar-refractivity contribution in [2.24, 2.45) is 10.2 Å². The van der Waals surface area contributed by atoms with Crippen molar-refractivity contribution in [2.45, 2.75) is 18.4 Å². The average Bonchev–Trinajstić information content (AvgIpc) is 2.37. The fourth-order valence-corrected chi connectivity index (χ4v) is 1.20. The molecule has 0 bridgehead atoms. The summed E-state index contributed by atoms with van der Waals surface area (Å²) in [5.74, 6) is 0. The van der Waals surface area contributed by atoms with Crippen LogP contribution in [0.4, 0.5) is 32.0 Å². The Hall–Kier alpha value is -2.62. The van der Waals surface area contributed by atoms with Gasteiger partial charge in [0, 0.05) is 0 Å². The number of halogens is 6. The van der Waals surface area contributed by atoms with Gasteiger partial charge in [0.2, 0.25) is 6.04 Å². The number of alkyl halides is 6. The molecule has 1 aromatic rings. The minimum absolute atomic E-state index is 0.0644. The Kier molecular flexibility index (Phi) is 4.53. The zero-order valence-electron chi connectivity index (χ0n) is 9.87. The maximum Gasteiger partial charge on any atom is 0.416 e. The number of hydrogen-bond acceptors (Lipinski definition) is 4. The highest BCUT2D eigenvalue weighted by Crippen LogP contribution is 2.38. The molecule has 0 spiro atoms. The molecule has 0 heterocycles. The van der Waals surface area contributed by atoms with E-state index in [1.165, 1.54) is 12.1 Å². The van der Waals surface area contributed by atoms with Crippen LogP contribution in [0.15, 0.2) is 28.4 Å². The van der Waals surface area contributed by atoms with Crippen molar-refractivity contribution in [3.05, 3.63) is 29.3 Å². The van der Waals surface area contributed by atoms with Crippen LogP contribution in [0.3, 0.4) is 0 Å². The third kappa shape index (κ3) is 4.45. The summed E-state index contributed by atoms with van der Waals surface area (Å²) in [5.41, 5.74) is -3.87. The Labute approximate surface area is 113 Å². The fraction of sp³-hybridized carbons (Fsp3) is 0.273. The van der Waals surface area contributed by atoms with Crippen molar-refractivity contribution in [3.8, 4) is 12.1 Å². The highest BCUT2D eigenvalue weighted by atomic mass is 19.4. The standard InChI is InChI=1S/C11H4F6N4/c12-10(13,14)6-1-7(11(15,16)17)3-8(2-6)20-21-9(4-18)5-19/h1-3,9H. The van der Waals surface area contributed by atoms with Crippen LogP contribution in [0.1, 0.15) is 11.1 Å². The van der Waals surface area contributed by atoms with E-state index in [0.29, 0.717) is 12.1 Å². The summed E-state index contributed by atoms with van der Waals surface area (Å²) in [5, 5.41) is 22.9. The van der Waals surface area contributed by atoms with Gasteiger partial charge in [-0.2, -0.15) is 47.1 Å².